The molecule has 180 valence electrons. The quantitative estimate of drug-likeness (QED) is 0.382. The molecule has 1 aliphatic heterocycles. The van der Waals surface area contributed by atoms with Crippen LogP contribution in [-0.2, 0) is 22.6 Å². The first-order valence-corrected chi connectivity index (χ1v) is 11.6. The molecule has 10 heteroatoms. The molecule has 1 aliphatic rings. The van der Waals surface area contributed by atoms with Crippen molar-refractivity contribution in [1.82, 2.24) is 18.7 Å². The molecule has 0 saturated carbocycles. The Morgan fingerprint density at radius 1 is 1.20 bits per heavy atom. The van der Waals surface area contributed by atoms with E-state index in [1.54, 1.807) is 47.0 Å². The Labute approximate surface area is 205 Å². The summed E-state index contributed by atoms with van der Waals surface area (Å²) in [6, 6.07) is 13.7. The first kappa shape index (κ1) is 23.1. The molecule has 0 aliphatic carbocycles. The van der Waals surface area contributed by atoms with Crippen LogP contribution in [0.3, 0.4) is 0 Å². The molecule has 1 fully saturated rings. The van der Waals surface area contributed by atoms with Gasteiger partial charge >= 0.3 is 11.7 Å². The normalized spacial score (nSPS) is 15.5. The lowest BCUT2D eigenvalue weighted by Gasteiger charge is -2.15. The van der Waals surface area contributed by atoms with Crippen LogP contribution in [0.2, 0.25) is 5.02 Å². The minimum Gasteiger partial charge on any atom is -0.465 e. The first-order valence-electron chi connectivity index (χ1n) is 11.2. The number of benzene rings is 2. The van der Waals surface area contributed by atoms with Crippen molar-refractivity contribution in [3.05, 3.63) is 91.8 Å². The molecule has 1 atom stereocenters. The third-order valence-corrected chi connectivity index (χ3v) is 6.35. The van der Waals surface area contributed by atoms with Crippen molar-refractivity contribution < 1.29 is 14.3 Å². The summed E-state index contributed by atoms with van der Waals surface area (Å²) >= 11 is 6.06. The number of ether oxygens (including phenoxy) is 2. The van der Waals surface area contributed by atoms with E-state index >= 15 is 0 Å². The average Bonchev–Trinajstić information content (AvgIpc) is 3.53. The number of rotatable bonds is 6. The molecule has 2 aromatic heterocycles. The van der Waals surface area contributed by atoms with E-state index in [4.69, 9.17) is 21.1 Å². The Kier molecular flexibility index (Phi) is 6.27. The maximum Gasteiger partial charge on any atom is 0.337 e. The standard InChI is InChI=1S/C25H23ClN4O5/c1-34-24(32)17-5-2-4-16(12-17)13-28-15-27-22-21(28)23(31)29(14-20-6-3-11-35-20)25(33)30(22)19-9-7-18(26)8-10-19/h2,4-5,7-10,12,15,20H,3,6,11,13-14H2,1H3. The largest absolute Gasteiger partial charge is 0.465 e. The van der Waals surface area contributed by atoms with Crippen LogP contribution in [-0.4, -0.2) is 44.5 Å². The molecule has 1 unspecified atom stereocenters. The number of nitrogens with zero attached hydrogens (tertiary/aromatic N) is 4. The van der Waals surface area contributed by atoms with Crippen LogP contribution in [0, 0.1) is 0 Å². The molecule has 0 bridgehead atoms. The molecule has 3 heterocycles. The lowest BCUT2D eigenvalue weighted by molar-refractivity contribution is 0.0600. The van der Waals surface area contributed by atoms with Crippen LogP contribution >= 0.6 is 11.6 Å². The molecular weight excluding hydrogens is 472 g/mol. The van der Waals surface area contributed by atoms with Gasteiger partial charge in [-0.25, -0.2) is 19.1 Å². The van der Waals surface area contributed by atoms with Gasteiger partial charge < -0.3 is 14.0 Å². The van der Waals surface area contributed by atoms with Crippen LogP contribution in [0.15, 0.2) is 64.4 Å². The van der Waals surface area contributed by atoms with Crippen LogP contribution in [0.1, 0.15) is 28.8 Å². The van der Waals surface area contributed by atoms with Gasteiger partial charge in [0.15, 0.2) is 11.2 Å². The number of hydrogen-bond acceptors (Lipinski definition) is 6. The SMILES string of the molecule is COC(=O)c1cccc(Cn2cnc3c2c(=O)n(CC2CCCO2)c(=O)n3-c2ccc(Cl)cc2)c1. The van der Waals surface area contributed by atoms with E-state index in [9.17, 15) is 14.4 Å². The van der Waals surface area contributed by atoms with Gasteiger partial charge in [-0.3, -0.25) is 9.36 Å². The number of esters is 1. The predicted octanol–water partition coefficient (Wildman–Crippen LogP) is 3.02. The third kappa shape index (κ3) is 4.40. The van der Waals surface area contributed by atoms with Gasteiger partial charge in [-0.05, 0) is 54.8 Å². The Balaban J connectivity index is 1.67. The minimum atomic E-state index is -0.488. The van der Waals surface area contributed by atoms with E-state index in [0.29, 0.717) is 22.9 Å². The van der Waals surface area contributed by atoms with E-state index in [1.165, 1.54) is 22.6 Å². The second-order valence-corrected chi connectivity index (χ2v) is 8.82. The molecule has 2 aromatic carbocycles. The van der Waals surface area contributed by atoms with Gasteiger partial charge in [0, 0.05) is 18.2 Å². The number of hydrogen-bond donors (Lipinski definition) is 0. The molecule has 0 N–H and O–H groups in total. The molecule has 35 heavy (non-hydrogen) atoms. The number of carbonyl (C=O) groups excluding carboxylic acids is 1. The number of fused-ring (bicyclic) bond motifs is 1. The van der Waals surface area contributed by atoms with Gasteiger partial charge in [-0.2, -0.15) is 0 Å². The fourth-order valence-corrected chi connectivity index (χ4v) is 4.51. The summed E-state index contributed by atoms with van der Waals surface area (Å²) in [4.78, 5) is 43.5. The maximum atomic E-state index is 13.6. The van der Waals surface area contributed by atoms with Crippen molar-refractivity contribution in [3.8, 4) is 5.69 Å². The van der Waals surface area contributed by atoms with Crippen molar-refractivity contribution in [1.29, 1.82) is 0 Å². The Morgan fingerprint density at radius 3 is 2.71 bits per heavy atom. The second kappa shape index (κ2) is 9.52. The zero-order valence-corrected chi connectivity index (χ0v) is 19.8. The van der Waals surface area contributed by atoms with Crippen LogP contribution in [0.4, 0.5) is 0 Å². The van der Waals surface area contributed by atoms with Crippen molar-refractivity contribution in [3.63, 3.8) is 0 Å². The van der Waals surface area contributed by atoms with Gasteiger partial charge in [0.25, 0.3) is 5.56 Å². The maximum absolute atomic E-state index is 13.6. The number of imidazole rings is 1. The minimum absolute atomic E-state index is 0.157. The monoisotopic (exact) mass is 494 g/mol. The summed E-state index contributed by atoms with van der Waals surface area (Å²) < 4.78 is 14.8. The highest BCUT2D eigenvalue weighted by molar-refractivity contribution is 6.30. The molecule has 5 rings (SSSR count). The van der Waals surface area contributed by atoms with Crippen molar-refractivity contribution in [2.75, 3.05) is 13.7 Å². The lowest BCUT2D eigenvalue weighted by Crippen LogP contribution is -2.42. The average molecular weight is 495 g/mol. The molecule has 0 amide bonds. The van der Waals surface area contributed by atoms with Gasteiger partial charge in [-0.1, -0.05) is 23.7 Å². The van der Waals surface area contributed by atoms with Gasteiger partial charge in [0.2, 0.25) is 0 Å². The zero-order chi connectivity index (χ0) is 24.5. The summed E-state index contributed by atoms with van der Waals surface area (Å²) in [5.74, 6) is -0.446. The molecule has 9 nitrogen and oxygen atoms in total. The summed E-state index contributed by atoms with van der Waals surface area (Å²) in [5.41, 5.74) is 1.33. The van der Waals surface area contributed by atoms with Gasteiger partial charge in [-0.15, -0.1) is 0 Å². The van der Waals surface area contributed by atoms with E-state index in [-0.39, 0.29) is 30.4 Å². The number of halogens is 1. The summed E-state index contributed by atoms with van der Waals surface area (Å²) in [6.45, 7) is 1.04. The van der Waals surface area contributed by atoms with Crippen LogP contribution in [0.25, 0.3) is 16.9 Å². The molecule has 0 radical (unpaired) electrons. The highest BCUT2D eigenvalue weighted by Gasteiger charge is 2.23. The fraction of sp³-hybridized carbons (Fsp3) is 0.280. The lowest BCUT2D eigenvalue weighted by atomic mass is 10.1. The van der Waals surface area contributed by atoms with E-state index < -0.39 is 17.2 Å². The van der Waals surface area contributed by atoms with Crippen molar-refractivity contribution >= 4 is 28.7 Å². The van der Waals surface area contributed by atoms with E-state index in [2.05, 4.69) is 4.98 Å². The summed E-state index contributed by atoms with van der Waals surface area (Å²) in [6.07, 6.45) is 3.00. The van der Waals surface area contributed by atoms with Gasteiger partial charge in [0.05, 0.1) is 37.3 Å². The smallest absolute Gasteiger partial charge is 0.337 e. The fourth-order valence-electron chi connectivity index (χ4n) is 4.39. The second-order valence-electron chi connectivity index (χ2n) is 8.38. The summed E-state index contributed by atoms with van der Waals surface area (Å²) in [7, 11) is 1.32. The Hall–Kier alpha value is -3.69. The van der Waals surface area contributed by atoms with Gasteiger partial charge in [0.1, 0.15) is 0 Å². The molecular formula is C25H23ClN4O5. The number of methoxy groups -OCH3 is 1. The Bertz CT molecular complexity index is 1510. The molecule has 4 aromatic rings. The highest BCUT2D eigenvalue weighted by Crippen LogP contribution is 2.19. The topological polar surface area (TPSA) is 97.4 Å². The first-order chi connectivity index (χ1) is 17.0. The van der Waals surface area contributed by atoms with Crippen LogP contribution < -0.4 is 11.2 Å². The highest BCUT2D eigenvalue weighted by atomic mass is 35.5. The zero-order valence-electron chi connectivity index (χ0n) is 19.0. The van der Waals surface area contributed by atoms with E-state index in [1.807, 2.05) is 6.07 Å². The third-order valence-electron chi connectivity index (χ3n) is 6.10. The number of aromatic nitrogens is 4. The van der Waals surface area contributed by atoms with E-state index in [0.717, 1.165) is 18.4 Å². The van der Waals surface area contributed by atoms with Crippen molar-refractivity contribution in [2.45, 2.75) is 32.0 Å². The number of carbonyl (C=O) groups is 1. The van der Waals surface area contributed by atoms with Crippen molar-refractivity contribution in [2.24, 2.45) is 0 Å². The Morgan fingerprint density at radius 2 is 2.00 bits per heavy atom. The molecule has 0 spiro atoms. The predicted molar refractivity (Wildman–Crippen MR) is 130 cm³/mol. The summed E-state index contributed by atoms with van der Waals surface area (Å²) in [5, 5.41) is 0.529. The van der Waals surface area contributed by atoms with Crippen LogP contribution in [0.5, 0.6) is 0 Å². The molecule has 1 saturated heterocycles.